The fourth-order valence-electron chi connectivity index (χ4n) is 3.49. The zero-order chi connectivity index (χ0) is 14.5. The van der Waals surface area contributed by atoms with Crippen LogP contribution in [-0.4, -0.2) is 44.5 Å². The lowest BCUT2D eigenvalue weighted by molar-refractivity contribution is 0.0549. The molecule has 0 radical (unpaired) electrons. The standard InChI is InChI=1S/C16H28N2O3/c19-16(17-8-2-9-20-11-12-5-6-12)18-14-3-1-4-15-13(14)7-10-21-15/h12-15H,1-11H2,(H2,17,18,19). The predicted molar refractivity (Wildman–Crippen MR) is 80.2 cm³/mol. The van der Waals surface area contributed by atoms with Gasteiger partial charge in [-0.25, -0.2) is 4.79 Å². The van der Waals surface area contributed by atoms with E-state index in [0.29, 0.717) is 18.6 Å². The van der Waals surface area contributed by atoms with Crippen molar-refractivity contribution >= 4 is 6.03 Å². The van der Waals surface area contributed by atoms with E-state index in [-0.39, 0.29) is 12.1 Å². The molecule has 3 unspecified atom stereocenters. The van der Waals surface area contributed by atoms with Crippen molar-refractivity contribution in [1.29, 1.82) is 0 Å². The summed E-state index contributed by atoms with van der Waals surface area (Å²) in [6.45, 7) is 3.19. The Hall–Kier alpha value is -0.810. The van der Waals surface area contributed by atoms with Gasteiger partial charge in [0, 0.05) is 38.3 Å². The van der Waals surface area contributed by atoms with E-state index < -0.39 is 0 Å². The highest BCUT2D eigenvalue weighted by atomic mass is 16.5. The van der Waals surface area contributed by atoms with Crippen LogP contribution in [0, 0.1) is 11.8 Å². The summed E-state index contributed by atoms with van der Waals surface area (Å²) in [6, 6.07) is 0.257. The molecule has 0 aromatic heterocycles. The average Bonchev–Trinajstić information content (AvgIpc) is 3.17. The van der Waals surface area contributed by atoms with E-state index in [1.54, 1.807) is 0 Å². The van der Waals surface area contributed by atoms with Gasteiger partial charge in [0.05, 0.1) is 6.10 Å². The Labute approximate surface area is 127 Å². The first-order valence-corrected chi connectivity index (χ1v) is 8.56. The van der Waals surface area contributed by atoms with Crippen LogP contribution in [0.5, 0.6) is 0 Å². The molecule has 0 aromatic rings. The number of hydrogen-bond acceptors (Lipinski definition) is 3. The highest BCUT2D eigenvalue weighted by molar-refractivity contribution is 5.74. The molecule has 5 heteroatoms. The van der Waals surface area contributed by atoms with Crippen molar-refractivity contribution in [3.8, 4) is 0 Å². The second-order valence-corrected chi connectivity index (χ2v) is 6.67. The molecule has 21 heavy (non-hydrogen) atoms. The number of rotatable bonds is 7. The summed E-state index contributed by atoms with van der Waals surface area (Å²) < 4.78 is 11.3. The lowest BCUT2D eigenvalue weighted by Gasteiger charge is -2.33. The van der Waals surface area contributed by atoms with Gasteiger partial charge >= 0.3 is 6.03 Å². The molecule has 1 aliphatic heterocycles. The Kier molecular flexibility index (Phi) is 5.36. The zero-order valence-electron chi connectivity index (χ0n) is 12.8. The van der Waals surface area contributed by atoms with Gasteiger partial charge in [0.2, 0.25) is 0 Å². The lowest BCUT2D eigenvalue weighted by Crippen LogP contribution is -2.49. The molecule has 3 atom stereocenters. The van der Waals surface area contributed by atoms with Crippen LogP contribution in [0.25, 0.3) is 0 Å². The monoisotopic (exact) mass is 296 g/mol. The van der Waals surface area contributed by atoms with Crippen LogP contribution in [0.4, 0.5) is 4.79 Å². The van der Waals surface area contributed by atoms with E-state index in [9.17, 15) is 4.79 Å². The largest absolute Gasteiger partial charge is 0.381 e. The molecule has 5 nitrogen and oxygen atoms in total. The second-order valence-electron chi connectivity index (χ2n) is 6.67. The molecule has 2 aliphatic carbocycles. The van der Waals surface area contributed by atoms with Crippen LogP contribution in [0.1, 0.15) is 44.9 Å². The predicted octanol–water partition coefficient (Wildman–Crippen LogP) is 2.06. The Balaban J connectivity index is 1.26. The summed E-state index contributed by atoms with van der Waals surface area (Å²) in [4.78, 5) is 11.9. The van der Waals surface area contributed by atoms with Gasteiger partial charge in [-0.1, -0.05) is 0 Å². The van der Waals surface area contributed by atoms with Gasteiger partial charge in [-0.3, -0.25) is 0 Å². The molecular weight excluding hydrogens is 268 g/mol. The van der Waals surface area contributed by atoms with Gasteiger partial charge in [0.1, 0.15) is 0 Å². The fraction of sp³-hybridized carbons (Fsp3) is 0.938. The van der Waals surface area contributed by atoms with E-state index in [1.165, 1.54) is 12.8 Å². The number of hydrogen-bond donors (Lipinski definition) is 2. The van der Waals surface area contributed by atoms with Crippen molar-refractivity contribution in [2.45, 2.75) is 57.1 Å². The van der Waals surface area contributed by atoms with E-state index in [2.05, 4.69) is 10.6 Å². The molecule has 0 aromatic carbocycles. The van der Waals surface area contributed by atoms with Crippen molar-refractivity contribution in [3.05, 3.63) is 0 Å². The zero-order valence-corrected chi connectivity index (χ0v) is 12.8. The third-order valence-electron chi connectivity index (χ3n) is 4.90. The summed E-state index contributed by atoms with van der Waals surface area (Å²) in [5.41, 5.74) is 0. The molecule has 2 N–H and O–H groups in total. The number of carbonyl (C=O) groups excluding carboxylic acids is 1. The first-order valence-electron chi connectivity index (χ1n) is 8.56. The highest BCUT2D eigenvalue weighted by Gasteiger charge is 2.38. The van der Waals surface area contributed by atoms with Crippen molar-refractivity contribution in [2.24, 2.45) is 11.8 Å². The van der Waals surface area contributed by atoms with E-state index in [4.69, 9.17) is 9.47 Å². The molecule has 1 saturated heterocycles. The molecule has 3 fully saturated rings. The van der Waals surface area contributed by atoms with Crippen LogP contribution in [-0.2, 0) is 9.47 Å². The van der Waals surface area contributed by atoms with E-state index in [0.717, 1.165) is 57.8 Å². The van der Waals surface area contributed by atoms with Crippen molar-refractivity contribution in [1.82, 2.24) is 10.6 Å². The van der Waals surface area contributed by atoms with Crippen LogP contribution >= 0.6 is 0 Å². The topological polar surface area (TPSA) is 59.6 Å². The average molecular weight is 296 g/mol. The third kappa shape index (κ3) is 4.58. The fourth-order valence-corrected chi connectivity index (χ4v) is 3.49. The van der Waals surface area contributed by atoms with E-state index in [1.807, 2.05) is 0 Å². The van der Waals surface area contributed by atoms with Gasteiger partial charge in [-0.05, 0) is 50.9 Å². The number of nitrogens with one attached hydrogen (secondary N) is 2. The molecule has 120 valence electrons. The van der Waals surface area contributed by atoms with Crippen LogP contribution in [0.15, 0.2) is 0 Å². The van der Waals surface area contributed by atoms with Crippen LogP contribution in [0.3, 0.4) is 0 Å². The Morgan fingerprint density at radius 3 is 2.95 bits per heavy atom. The summed E-state index contributed by atoms with van der Waals surface area (Å²) in [6.07, 6.45) is 8.40. The molecule has 2 amide bonds. The molecule has 0 bridgehead atoms. The summed E-state index contributed by atoms with van der Waals surface area (Å²) in [7, 11) is 0. The van der Waals surface area contributed by atoms with Gasteiger partial charge in [-0.2, -0.15) is 0 Å². The van der Waals surface area contributed by atoms with Gasteiger partial charge in [0.15, 0.2) is 0 Å². The number of ether oxygens (including phenoxy) is 2. The van der Waals surface area contributed by atoms with Gasteiger partial charge in [-0.15, -0.1) is 0 Å². The van der Waals surface area contributed by atoms with Crippen LogP contribution < -0.4 is 10.6 Å². The Morgan fingerprint density at radius 2 is 2.10 bits per heavy atom. The Bertz CT molecular complexity index is 346. The van der Waals surface area contributed by atoms with Crippen molar-refractivity contribution in [2.75, 3.05) is 26.4 Å². The molecule has 1 heterocycles. The maximum Gasteiger partial charge on any atom is 0.315 e. The minimum atomic E-state index is -0.0326. The number of amides is 2. The quantitative estimate of drug-likeness (QED) is 0.707. The third-order valence-corrected chi connectivity index (χ3v) is 4.90. The maximum absolute atomic E-state index is 11.9. The highest BCUT2D eigenvalue weighted by Crippen LogP contribution is 2.34. The maximum atomic E-state index is 11.9. The Morgan fingerprint density at radius 1 is 1.19 bits per heavy atom. The molecule has 0 spiro atoms. The molecule has 3 aliphatic rings. The first kappa shape index (κ1) is 15.1. The van der Waals surface area contributed by atoms with Crippen molar-refractivity contribution in [3.63, 3.8) is 0 Å². The smallest absolute Gasteiger partial charge is 0.315 e. The first-order chi connectivity index (χ1) is 10.3. The van der Waals surface area contributed by atoms with Gasteiger partial charge in [0.25, 0.3) is 0 Å². The van der Waals surface area contributed by atoms with E-state index >= 15 is 0 Å². The minimum absolute atomic E-state index is 0.0326. The van der Waals surface area contributed by atoms with Crippen molar-refractivity contribution < 1.29 is 14.3 Å². The SMILES string of the molecule is O=C(NCCCOCC1CC1)NC1CCCC2OCCC12. The second kappa shape index (κ2) is 7.45. The minimum Gasteiger partial charge on any atom is -0.381 e. The number of urea groups is 1. The lowest BCUT2D eigenvalue weighted by atomic mass is 9.82. The molecular formula is C16H28N2O3. The molecule has 3 rings (SSSR count). The number of fused-ring (bicyclic) bond motifs is 1. The normalized spacial score (nSPS) is 31.7. The summed E-state index contributed by atoms with van der Waals surface area (Å²) >= 11 is 0. The van der Waals surface area contributed by atoms with Gasteiger partial charge < -0.3 is 20.1 Å². The number of carbonyl (C=O) groups is 1. The molecule has 2 saturated carbocycles. The summed E-state index contributed by atoms with van der Waals surface area (Å²) in [5, 5.41) is 6.08. The summed E-state index contributed by atoms with van der Waals surface area (Å²) in [5.74, 6) is 1.33. The van der Waals surface area contributed by atoms with Crippen LogP contribution in [0.2, 0.25) is 0 Å².